The van der Waals surface area contributed by atoms with Crippen molar-refractivity contribution in [2.45, 2.75) is 6.92 Å². The summed E-state index contributed by atoms with van der Waals surface area (Å²) in [7, 11) is 0. The molecule has 0 spiro atoms. The van der Waals surface area contributed by atoms with Crippen LogP contribution in [0.15, 0.2) is 53.3 Å². The Labute approximate surface area is 131 Å². The smallest absolute Gasteiger partial charge is 0.271 e. The van der Waals surface area contributed by atoms with E-state index in [-0.39, 0.29) is 5.56 Å². The summed E-state index contributed by atoms with van der Waals surface area (Å²) in [5.41, 5.74) is 2.96. The number of aromatic nitrogens is 2. The van der Waals surface area contributed by atoms with Crippen molar-refractivity contribution in [2.75, 3.05) is 0 Å². The maximum Gasteiger partial charge on any atom is 0.271 e. The van der Waals surface area contributed by atoms with E-state index >= 15 is 0 Å². The zero-order valence-electron chi connectivity index (χ0n) is 11.2. The van der Waals surface area contributed by atoms with Crippen molar-refractivity contribution in [3.8, 4) is 16.9 Å². The standard InChI is InChI=1S/C16H12Cl2N2O/c1-10-7-12(14(18)8-13(10)17)15-9-16(21)20(19-15)11-5-3-2-4-6-11/h2-9,19H,1H3. The van der Waals surface area contributed by atoms with Gasteiger partial charge in [-0.15, -0.1) is 0 Å². The molecule has 3 aromatic rings. The SMILES string of the molecule is Cc1cc(-c2cc(=O)n(-c3ccccc3)[nH]2)c(Cl)cc1Cl. The minimum Gasteiger partial charge on any atom is -0.290 e. The molecule has 0 aliphatic carbocycles. The van der Waals surface area contributed by atoms with E-state index in [0.29, 0.717) is 15.7 Å². The van der Waals surface area contributed by atoms with Crippen LogP contribution in [0.25, 0.3) is 16.9 Å². The first-order chi connectivity index (χ1) is 10.1. The fourth-order valence-corrected chi connectivity index (χ4v) is 2.65. The Hall–Kier alpha value is -1.97. The molecule has 0 atom stereocenters. The van der Waals surface area contributed by atoms with Gasteiger partial charge in [-0.25, -0.2) is 4.68 Å². The lowest BCUT2D eigenvalue weighted by molar-refractivity contribution is 0.852. The van der Waals surface area contributed by atoms with Crippen LogP contribution in [0.1, 0.15) is 5.56 Å². The first-order valence-corrected chi connectivity index (χ1v) is 7.15. The Kier molecular flexibility index (Phi) is 3.62. The average Bonchev–Trinajstić information content (AvgIpc) is 2.85. The van der Waals surface area contributed by atoms with E-state index < -0.39 is 0 Å². The van der Waals surface area contributed by atoms with Crippen LogP contribution in [-0.4, -0.2) is 9.78 Å². The largest absolute Gasteiger partial charge is 0.290 e. The number of benzene rings is 2. The number of hydrogen-bond donors (Lipinski definition) is 1. The van der Waals surface area contributed by atoms with Gasteiger partial charge in [0.1, 0.15) is 0 Å². The number of aryl methyl sites for hydroxylation is 1. The first kappa shape index (κ1) is 14.0. The molecule has 0 bridgehead atoms. The molecule has 3 rings (SSSR count). The Balaban J connectivity index is 2.14. The Morgan fingerprint density at radius 1 is 1.00 bits per heavy atom. The molecule has 0 saturated carbocycles. The van der Waals surface area contributed by atoms with Crippen molar-refractivity contribution in [3.05, 3.63) is 74.5 Å². The molecule has 0 saturated heterocycles. The summed E-state index contributed by atoms with van der Waals surface area (Å²) in [6.45, 7) is 1.90. The summed E-state index contributed by atoms with van der Waals surface area (Å²) in [6.07, 6.45) is 0. The van der Waals surface area contributed by atoms with Crippen LogP contribution in [0.2, 0.25) is 10.0 Å². The van der Waals surface area contributed by atoms with Crippen LogP contribution in [0, 0.1) is 6.92 Å². The molecule has 2 aromatic carbocycles. The van der Waals surface area contributed by atoms with Gasteiger partial charge in [0.2, 0.25) is 0 Å². The zero-order chi connectivity index (χ0) is 15.0. The van der Waals surface area contributed by atoms with Crippen LogP contribution in [-0.2, 0) is 0 Å². The van der Waals surface area contributed by atoms with Gasteiger partial charge >= 0.3 is 0 Å². The molecular formula is C16H12Cl2N2O. The second kappa shape index (κ2) is 5.43. The number of para-hydroxylation sites is 1. The summed E-state index contributed by atoms with van der Waals surface area (Å²) >= 11 is 12.3. The summed E-state index contributed by atoms with van der Waals surface area (Å²) in [5, 5.41) is 4.19. The number of hydrogen-bond acceptors (Lipinski definition) is 1. The number of rotatable bonds is 2. The molecular weight excluding hydrogens is 307 g/mol. The highest BCUT2D eigenvalue weighted by molar-refractivity contribution is 6.36. The van der Waals surface area contributed by atoms with Gasteiger partial charge in [-0.1, -0.05) is 41.4 Å². The first-order valence-electron chi connectivity index (χ1n) is 6.40. The van der Waals surface area contributed by atoms with Gasteiger partial charge in [-0.3, -0.25) is 9.89 Å². The van der Waals surface area contributed by atoms with Crippen molar-refractivity contribution in [2.24, 2.45) is 0 Å². The zero-order valence-corrected chi connectivity index (χ0v) is 12.7. The van der Waals surface area contributed by atoms with Crippen molar-refractivity contribution in [3.63, 3.8) is 0 Å². The fraction of sp³-hybridized carbons (Fsp3) is 0.0625. The molecule has 5 heteroatoms. The van der Waals surface area contributed by atoms with E-state index in [1.54, 1.807) is 6.07 Å². The third-order valence-corrected chi connectivity index (χ3v) is 3.99. The van der Waals surface area contributed by atoms with Gasteiger partial charge in [0, 0.05) is 16.7 Å². The van der Waals surface area contributed by atoms with Crippen LogP contribution in [0.3, 0.4) is 0 Å². The second-order valence-electron chi connectivity index (χ2n) is 4.76. The highest BCUT2D eigenvalue weighted by atomic mass is 35.5. The summed E-state index contributed by atoms with van der Waals surface area (Å²) < 4.78 is 1.48. The van der Waals surface area contributed by atoms with Crippen molar-refractivity contribution < 1.29 is 0 Å². The molecule has 3 nitrogen and oxygen atoms in total. The van der Waals surface area contributed by atoms with E-state index in [9.17, 15) is 4.79 Å². The molecule has 0 fully saturated rings. The minimum absolute atomic E-state index is 0.139. The molecule has 0 amide bonds. The topological polar surface area (TPSA) is 37.8 Å². The third-order valence-electron chi connectivity index (χ3n) is 3.27. The number of nitrogens with zero attached hydrogens (tertiary/aromatic N) is 1. The Morgan fingerprint density at radius 2 is 1.71 bits per heavy atom. The molecule has 106 valence electrons. The van der Waals surface area contributed by atoms with Gasteiger partial charge in [-0.05, 0) is 36.8 Å². The maximum absolute atomic E-state index is 12.1. The van der Waals surface area contributed by atoms with Gasteiger partial charge in [-0.2, -0.15) is 0 Å². The molecule has 1 aromatic heterocycles. The van der Waals surface area contributed by atoms with Crippen LogP contribution >= 0.6 is 23.2 Å². The van der Waals surface area contributed by atoms with Crippen molar-refractivity contribution in [1.29, 1.82) is 0 Å². The number of halogens is 2. The van der Waals surface area contributed by atoms with Gasteiger partial charge < -0.3 is 0 Å². The summed E-state index contributed by atoms with van der Waals surface area (Å²) in [6, 6.07) is 14.5. The quantitative estimate of drug-likeness (QED) is 0.744. The third kappa shape index (κ3) is 2.62. The minimum atomic E-state index is -0.139. The van der Waals surface area contributed by atoms with E-state index in [4.69, 9.17) is 23.2 Å². The van der Waals surface area contributed by atoms with E-state index in [1.807, 2.05) is 43.3 Å². The molecule has 21 heavy (non-hydrogen) atoms. The molecule has 0 aliphatic rings. The highest BCUT2D eigenvalue weighted by Crippen LogP contribution is 2.31. The summed E-state index contributed by atoms with van der Waals surface area (Å²) in [5.74, 6) is 0. The summed E-state index contributed by atoms with van der Waals surface area (Å²) in [4.78, 5) is 12.1. The lowest BCUT2D eigenvalue weighted by Crippen LogP contribution is -2.12. The van der Waals surface area contributed by atoms with E-state index in [0.717, 1.165) is 16.8 Å². The van der Waals surface area contributed by atoms with E-state index in [1.165, 1.54) is 10.7 Å². The Bertz CT molecular complexity index is 850. The lowest BCUT2D eigenvalue weighted by Gasteiger charge is -2.06. The molecule has 1 N–H and O–H groups in total. The fourth-order valence-electron chi connectivity index (χ4n) is 2.17. The Morgan fingerprint density at radius 3 is 2.43 bits per heavy atom. The van der Waals surface area contributed by atoms with Crippen LogP contribution < -0.4 is 5.56 Å². The normalized spacial score (nSPS) is 10.8. The average molecular weight is 319 g/mol. The predicted octanol–water partition coefficient (Wildman–Crippen LogP) is 4.45. The van der Waals surface area contributed by atoms with Crippen LogP contribution in [0.5, 0.6) is 0 Å². The van der Waals surface area contributed by atoms with Gasteiger partial charge in [0.05, 0.1) is 16.4 Å². The molecule has 0 unspecified atom stereocenters. The van der Waals surface area contributed by atoms with Gasteiger partial charge in [0.25, 0.3) is 5.56 Å². The highest BCUT2D eigenvalue weighted by Gasteiger charge is 2.11. The van der Waals surface area contributed by atoms with E-state index in [2.05, 4.69) is 5.10 Å². The van der Waals surface area contributed by atoms with Crippen molar-refractivity contribution >= 4 is 23.2 Å². The monoisotopic (exact) mass is 318 g/mol. The number of H-pyrrole nitrogens is 1. The number of nitrogens with one attached hydrogen (secondary N) is 1. The van der Waals surface area contributed by atoms with Crippen LogP contribution in [0.4, 0.5) is 0 Å². The molecule has 1 heterocycles. The lowest BCUT2D eigenvalue weighted by atomic mass is 10.1. The van der Waals surface area contributed by atoms with Crippen molar-refractivity contribution in [1.82, 2.24) is 9.78 Å². The maximum atomic E-state index is 12.1. The predicted molar refractivity (Wildman–Crippen MR) is 86.6 cm³/mol. The van der Waals surface area contributed by atoms with Gasteiger partial charge in [0.15, 0.2) is 0 Å². The second-order valence-corrected chi connectivity index (χ2v) is 5.57. The number of aromatic amines is 1. The molecule has 0 radical (unpaired) electrons. The molecule has 0 aliphatic heterocycles.